The van der Waals surface area contributed by atoms with E-state index in [0.29, 0.717) is 17.1 Å². The largest absolute Gasteiger partial charge is 0.397 e. The number of pyridine rings is 1. The molecule has 0 radical (unpaired) electrons. The molecule has 0 saturated heterocycles. The number of anilines is 2. The number of aromatic nitrogens is 1. The Bertz CT molecular complexity index is 413. The van der Waals surface area contributed by atoms with E-state index in [1.54, 1.807) is 6.07 Å². The molecule has 5 N–H and O–H groups in total. The highest BCUT2D eigenvalue weighted by Crippen LogP contribution is 2.23. The number of nitrogens with one attached hydrogen (secondary N) is 1. The number of rotatable bonds is 5. The van der Waals surface area contributed by atoms with Crippen LogP contribution in [0, 0.1) is 0 Å². The van der Waals surface area contributed by atoms with Gasteiger partial charge < -0.3 is 16.8 Å². The average Bonchev–Trinajstić information content (AvgIpc) is 2.31. The van der Waals surface area contributed by atoms with Gasteiger partial charge in [-0.15, -0.1) is 0 Å². The van der Waals surface area contributed by atoms with Gasteiger partial charge in [-0.1, -0.05) is 13.8 Å². The van der Waals surface area contributed by atoms with Gasteiger partial charge in [0.1, 0.15) is 5.82 Å². The van der Waals surface area contributed by atoms with Crippen molar-refractivity contribution in [1.29, 1.82) is 0 Å². The molecule has 94 valence electrons. The molecule has 1 amide bonds. The van der Waals surface area contributed by atoms with Crippen LogP contribution in [0.5, 0.6) is 0 Å². The fraction of sp³-hybridized carbons (Fsp3) is 0.500. The minimum atomic E-state index is -0.526. The summed E-state index contributed by atoms with van der Waals surface area (Å²) in [7, 11) is 0. The first-order valence-electron chi connectivity index (χ1n) is 5.75. The molecule has 1 aromatic rings. The maximum atomic E-state index is 11.3. The minimum absolute atomic E-state index is 0.104. The van der Waals surface area contributed by atoms with Crippen LogP contribution >= 0.6 is 0 Å². The van der Waals surface area contributed by atoms with Gasteiger partial charge in [0, 0.05) is 5.54 Å². The first kappa shape index (κ1) is 13.3. The second-order valence-corrected chi connectivity index (χ2v) is 4.42. The van der Waals surface area contributed by atoms with Gasteiger partial charge in [-0.25, -0.2) is 4.98 Å². The standard InChI is InChI=1S/C12H20N4O/c1-4-12(3,5-2)16-11-9(10(14)17)6-8(13)7-15-11/h6-7H,4-5,13H2,1-3H3,(H2,14,17)(H,15,16). The summed E-state index contributed by atoms with van der Waals surface area (Å²) in [4.78, 5) is 15.5. The number of carbonyl (C=O) groups is 1. The molecule has 1 rings (SSSR count). The van der Waals surface area contributed by atoms with Gasteiger partial charge in [0.2, 0.25) is 0 Å². The summed E-state index contributed by atoms with van der Waals surface area (Å²) in [6.45, 7) is 6.24. The second-order valence-electron chi connectivity index (χ2n) is 4.42. The quantitative estimate of drug-likeness (QED) is 0.726. The Morgan fingerprint density at radius 2 is 2.06 bits per heavy atom. The van der Waals surface area contributed by atoms with Crippen molar-refractivity contribution in [2.45, 2.75) is 39.2 Å². The molecule has 0 aromatic carbocycles. The van der Waals surface area contributed by atoms with Gasteiger partial charge in [-0.2, -0.15) is 0 Å². The van der Waals surface area contributed by atoms with Crippen molar-refractivity contribution in [2.24, 2.45) is 5.73 Å². The summed E-state index contributed by atoms with van der Waals surface area (Å²) in [6, 6.07) is 1.55. The van der Waals surface area contributed by atoms with E-state index in [-0.39, 0.29) is 5.54 Å². The van der Waals surface area contributed by atoms with Crippen molar-refractivity contribution < 1.29 is 4.79 Å². The molecule has 0 saturated carbocycles. The second kappa shape index (κ2) is 5.03. The molecule has 17 heavy (non-hydrogen) atoms. The molecule has 0 aliphatic heterocycles. The molecule has 0 fully saturated rings. The van der Waals surface area contributed by atoms with Crippen LogP contribution in [-0.2, 0) is 0 Å². The highest BCUT2D eigenvalue weighted by atomic mass is 16.1. The number of primary amides is 1. The first-order chi connectivity index (χ1) is 7.91. The normalized spacial score (nSPS) is 11.2. The van der Waals surface area contributed by atoms with Gasteiger partial charge in [0.25, 0.3) is 5.91 Å². The smallest absolute Gasteiger partial charge is 0.252 e. The van der Waals surface area contributed by atoms with E-state index in [0.717, 1.165) is 12.8 Å². The Morgan fingerprint density at radius 3 is 2.53 bits per heavy atom. The molecule has 5 nitrogen and oxygen atoms in total. The number of nitrogen functional groups attached to an aromatic ring is 1. The molecule has 1 heterocycles. The van der Waals surface area contributed by atoms with Crippen LogP contribution in [0.1, 0.15) is 44.0 Å². The Hall–Kier alpha value is -1.78. The fourth-order valence-corrected chi connectivity index (χ4v) is 1.48. The Kier molecular flexibility index (Phi) is 3.93. The molecule has 0 bridgehead atoms. The van der Waals surface area contributed by atoms with Crippen LogP contribution in [0.2, 0.25) is 0 Å². The van der Waals surface area contributed by atoms with Crippen LogP contribution in [0.4, 0.5) is 11.5 Å². The van der Waals surface area contributed by atoms with Crippen molar-refractivity contribution in [3.63, 3.8) is 0 Å². The van der Waals surface area contributed by atoms with Crippen LogP contribution < -0.4 is 16.8 Å². The zero-order valence-corrected chi connectivity index (χ0v) is 10.6. The molecule has 5 heteroatoms. The topological polar surface area (TPSA) is 94.0 Å². The summed E-state index contributed by atoms with van der Waals surface area (Å²) in [5, 5.41) is 3.26. The number of nitrogens with two attached hydrogens (primary N) is 2. The number of hydrogen-bond donors (Lipinski definition) is 3. The Labute approximate surface area is 102 Å². The summed E-state index contributed by atoms with van der Waals surface area (Å²) in [6.07, 6.45) is 3.36. The van der Waals surface area contributed by atoms with Gasteiger partial charge in [-0.05, 0) is 25.8 Å². The molecule has 1 aromatic heterocycles. The molecule has 0 aliphatic carbocycles. The zero-order chi connectivity index (χ0) is 13.1. The lowest BCUT2D eigenvalue weighted by Gasteiger charge is -2.29. The monoisotopic (exact) mass is 236 g/mol. The van der Waals surface area contributed by atoms with Crippen molar-refractivity contribution >= 4 is 17.4 Å². The van der Waals surface area contributed by atoms with Gasteiger partial charge in [0.15, 0.2) is 0 Å². The van der Waals surface area contributed by atoms with Gasteiger partial charge in [0.05, 0.1) is 17.4 Å². The lowest BCUT2D eigenvalue weighted by Crippen LogP contribution is -2.34. The van der Waals surface area contributed by atoms with E-state index < -0.39 is 5.91 Å². The fourth-order valence-electron chi connectivity index (χ4n) is 1.48. The minimum Gasteiger partial charge on any atom is -0.397 e. The van der Waals surface area contributed by atoms with Crippen molar-refractivity contribution in [3.05, 3.63) is 17.8 Å². The van der Waals surface area contributed by atoms with Crippen molar-refractivity contribution in [1.82, 2.24) is 4.98 Å². The number of carbonyl (C=O) groups excluding carboxylic acids is 1. The predicted molar refractivity (Wildman–Crippen MR) is 69.8 cm³/mol. The number of amides is 1. The zero-order valence-electron chi connectivity index (χ0n) is 10.6. The molecule has 0 unspecified atom stereocenters. The van der Waals surface area contributed by atoms with Crippen LogP contribution in [0.3, 0.4) is 0 Å². The molecule has 0 spiro atoms. The molecule has 0 atom stereocenters. The van der Waals surface area contributed by atoms with Crippen LogP contribution in [0.15, 0.2) is 12.3 Å². The van der Waals surface area contributed by atoms with Gasteiger partial charge >= 0.3 is 0 Å². The molecule has 0 aliphatic rings. The molecular formula is C12H20N4O. The van der Waals surface area contributed by atoms with E-state index in [1.807, 2.05) is 0 Å². The van der Waals surface area contributed by atoms with Gasteiger partial charge in [-0.3, -0.25) is 4.79 Å². The SMILES string of the molecule is CCC(C)(CC)Nc1ncc(N)cc1C(N)=O. The van der Waals surface area contributed by atoms with E-state index in [2.05, 4.69) is 31.1 Å². The third-order valence-electron chi connectivity index (χ3n) is 3.16. The third kappa shape index (κ3) is 3.09. The Balaban J connectivity index is 3.10. The van der Waals surface area contributed by atoms with E-state index in [9.17, 15) is 4.79 Å². The summed E-state index contributed by atoms with van der Waals surface area (Å²) >= 11 is 0. The number of nitrogens with zero attached hydrogens (tertiary/aromatic N) is 1. The van der Waals surface area contributed by atoms with Crippen LogP contribution in [0.25, 0.3) is 0 Å². The molecular weight excluding hydrogens is 216 g/mol. The van der Waals surface area contributed by atoms with E-state index in [1.165, 1.54) is 6.20 Å². The predicted octanol–water partition coefficient (Wildman–Crippen LogP) is 1.75. The highest BCUT2D eigenvalue weighted by Gasteiger charge is 2.22. The maximum absolute atomic E-state index is 11.3. The summed E-state index contributed by atoms with van der Waals surface area (Å²) in [5.74, 6) is -0.0280. The average molecular weight is 236 g/mol. The van der Waals surface area contributed by atoms with E-state index >= 15 is 0 Å². The van der Waals surface area contributed by atoms with Crippen molar-refractivity contribution in [3.8, 4) is 0 Å². The first-order valence-corrected chi connectivity index (χ1v) is 5.75. The van der Waals surface area contributed by atoms with Crippen molar-refractivity contribution in [2.75, 3.05) is 11.1 Å². The Morgan fingerprint density at radius 1 is 1.47 bits per heavy atom. The lowest BCUT2D eigenvalue weighted by molar-refractivity contribution is 0.100. The van der Waals surface area contributed by atoms with E-state index in [4.69, 9.17) is 11.5 Å². The summed E-state index contributed by atoms with van der Waals surface area (Å²) in [5.41, 5.74) is 11.6. The van der Waals surface area contributed by atoms with Crippen LogP contribution in [-0.4, -0.2) is 16.4 Å². The maximum Gasteiger partial charge on any atom is 0.252 e. The third-order valence-corrected chi connectivity index (χ3v) is 3.16. The summed E-state index contributed by atoms with van der Waals surface area (Å²) < 4.78 is 0. The number of hydrogen-bond acceptors (Lipinski definition) is 4. The highest BCUT2D eigenvalue weighted by molar-refractivity contribution is 5.98. The lowest BCUT2D eigenvalue weighted by atomic mass is 9.95.